The van der Waals surface area contributed by atoms with E-state index in [2.05, 4.69) is 31.2 Å². The summed E-state index contributed by atoms with van der Waals surface area (Å²) in [4.78, 5) is 8.79. The summed E-state index contributed by atoms with van der Waals surface area (Å²) in [7, 11) is 0. The molecule has 0 aliphatic rings. The summed E-state index contributed by atoms with van der Waals surface area (Å²) in [6.45, 7) is 5.37. The highest BCUT2D eigenvalue weighted by Gasteiger charge is 2.05. The second-order valence-electron chi connectivity index (χ2n) is 4.27. The zero-order chi connectivity index (χ0) is 14.4. The third-order valence-corrected chi connectivity index (χ3v) is 3.53. The van der Waals surface area contributed by atoms with Crippen LogP contribution in [0.2, 0.25) is 0 Å². The van der Waals surface area contributed by atoms with Gasteiger partial charge in [0.05, 0.1) is 0 Å². The molecule has 0 radical (unpaired) electrons. The van der Waals surface area contributed by atoms with Gasteiger partial charge in [0.15, 0.2) is 0 Å². The number of nitrogens with zero attached hydrogens (tertiary/aromatic N) is 2. The van der Waals surface area contributed by atoms with E-state index >= 15 is 0 Å². The molecule has 1 heterocycles. The zero-order valence-electron chi connectivity index (χ0n) is 11.7. The molecular formula is C15H18BrN3O. The second-order valence-corrected chi connectivity index (χ2v) is 5.13. The van der Waals surface area contributed by atoms with Gasteiger partial charge in [-0.05, 0) is 13.0 Å². The molecule has 0 amide bonds. The standard InChI is InChI=1S/C15H18BrN3O/c1-3-13-18-14(17-4-2)9-15(19-13)20-10-11-7-5-6-8-12(11)16/h5-9H,3-4,10H2,1-2H3,(H,17,18,19). The predicted octanol–water partition coefficient (Wildman–Crippen LogP) is 3.81. The van der Waals surface area contributed by atoms with Crippen molar-refractivity contribution in [3.05, 3.63) is 46.2 Å². The van der Waals surface area contributed by atoms with Gasteiger partial charge in [-0.25, -0.2) is 4.98 Å². The molecule has 0 atom stereocenters. The Morgan fingerprint density at radius 3 is 2.70 bits per heavy atom. The van der Waals surface area contributed by atoms with Crippen LogP contribution in [-0.2, 0) is 13.0 Å². The van der Waals surface area contributed by atoms with Crippen LogP contribution in [0.15, 0.2) is 34.8 Å². The van der Waals surface area contributed by atoms with Crippen LogP contribution in [-0.4, -0.2) is 16.5 Å². The molecule has 0 unspecified atom stereocenters. The number of aromatic nitrogens is 2. The Bertz CT molecular complexity index is 575. The van der Waals surface area contributed by atoms with E-state index < -0.39 is 0 Å². The lowest BCUT2D eigenvalue weighted by atomic mass is 10.2. The first-order valence-electron chi connectivity index (χ1n) is 6.71. The fraction of sp³-hybridized carbons (Fsp3) is 0.333. The molecule has 106 valence electrons. The third kappa shape index (κ3) is 3.93. The highest BCUT2D eigenvalue weighted by Crippen LogP contribution is 2.19. The summed E-state index contributed by atoms with van der Waals surface area (Å²) >= 11 is 3.51. The van der Waals surface area contributed by atoms with Gasteiger partial charge in [-0.1, -0.05) is 41.1 Å². The molecule has 1 aromatic heterocycles. The van der Waals surface area contributed by atoms with E-state index in [1.807, 2.05) is 44.2 Å². The summed E-state index contributed by atoms with van der Waals surface area (Å²) in [5.74, 6) is 2.19. The summed E-state index contributed by atoms with van der Waals surface area (Å²) in [6, 6.07) is 9.83. The Balaban J connectivity index is 2.12. The van der Waals surface area contributed by atoms with E-state index in [9.17, 15) is 0 Å². The Morgan fingerprint density at radius 2 is 2.00 bits per heavy atom. The fourth-order valence-corrected chi connectivity index (χ4v) is 2.14. The predicted molar refractivity (Wildman–Crippen MR) is 84.0 cm³/mol. The molecule has 20 heavy (non-hydrogen) atoms. The van der Waals surface area contributed by atoms with Crippen LogP contribution < -0.4 is 10.1 Å². The van der Waals surface area contributed by atoms with Crippen molar-refractivity contribution in [1.29, 1.82) is 0 Å². The van der Waals surface area contributed by atoms with Crippen molar-refractivity contribution < 1.29 is 4.74 Å². The minimum atomic E-state index is 0.479. The Hall–Kier alpha value is -1.62. The van der Waals surface area contributed by atoms with Crippen molar-refractivity contribution >= 4 is 21.7 Å². The Kier molecular flexibility index (Phi) is 5.35. The van der Waals surface area contributed by atoms with Crippen molar-refractivity contribution in [3.63, 3.8) is 0 Å². The average Bonchev–Trinajstić information content (AvgIpc) is 2.46. The largest absolute Gasteiger partial charge is 0.473 e. The van der Waals surface area contributed by atoms with E-state index in [1.54, 1.807) is 0 Å². The van der Waals surface area contributed by atoms with Gasteiger partial charge < -0.3 is 10.1 Å². The van der Waals surface area contributed by atoms with Crippen LogP contribution in [0, 0.1) is 0 Å². The van der Waals surface area contributed by atoms with Gasteiger partial charge in [0.2, 0.25) is 5.88 Å². The van der Waals surface area contributed by atoms with Gasteiger partial charge in [-0.15, -0.1) is 0 Å². The smallest absolute Gasteiger partial charge is 0.219 e. The molecule has 0 bridgehead atoms. The lowest BCUT2D eigenvalue weighted by Gasteiger charge is -2.10. The Labute approximate surface area is 127 Å². The number of rotatable bonds is 6. The number of halogens is 1. The molecule has 0 aliphatic carbocycles. The Morgan fingerprint density at radius 1 is 1.20 bits per heavy atom. The number of aryl methyl sites for hydroxylation is 1. The second kappa shape index (κ2) is 7.24. The number of anilines is 1. The molecule has 4 nitrogen and oxygen atoms in total. The molecule has 0 spiro atoms. The van der Waals surface area contributed by atoms with Crippen LogP contribution in [0.4, 0.5) is 5.82 Å². The van der Waals surface area contributed by atoms with Gasteiger partial charge in [0.25, 0.3) is 0 Å². The van der Waals surface area contributed by atoms with E-state index in [1.165, 1.54) is 0 Å². The highest BCUT2D eigenvalue weighted by molar-refractivity contribution is 9.10. The van der Waals surface area contributed by atoms with Crippen LogP contribution in [0.3, 0.4) is 0 Å². The number of benzene rings is 1. The molecular weight excluding hydrogens is 318 g/mol. The first-order chi connectivity index (χ1) is 9.72. The van der Waals surface area contributed by atoms with Crippen LogP contribution in [0.25, 0.3) is 0 Å². The normalized spacial score (nSPS) is 10.3. The van der Waals surface area contributed by atoms with Crippen molar-refractivity contribution in [2.45, 2.75) is 26.9 Å². The lowest BCUT2D eigenvalue weighted by molar-refractivity contribution is 0.292. The maximum absolute atomic E-state index is 5.78. The number of hydrogen-bond donors (Lipinski definition) is 1. The van der Waals surface area contributed by atoms with Crippen molar-refractivity contribution in [3.8, 4) is 5.88 Å². The molecule has 1 N–H and O–H groups in total. The number of nitrogens with one attached hydrogen (secondary N) is 1. The minimum Gasteiger partial charge on any atom is -0.473 e. The van der Waals surface area contributed by atoms with Crippen LogP contribution >= 0.6 is 15.9 Å². The van der Waals surface area contributed by atoms with E-state index in [0.717, 1.165) is 34.6 Å². The lowest BCUT2D eigenvalue weighted by Crippen LogP contribution is -2.06. The molecule has 0 saturated heterocycles. The van der Waals surface area contributed by atoms with Crippen molar-refractivity contribution in [1.82, 2.24) is 9.97 Å². The number of ether oxygens (including phenoxy) is 1. The molecule has 5 heteroatoms. The zero-order valence-corrected chi connectivity index (χ0v) is 13.3. The molecule has 0 fully saturated rings. The molecule has 0 aliphatic heterocycles. The third-order valence-electron chi connectivity index (χ3n) is 2.76. The molecule has 2 rings (SSSR count). The summed E-state index contributed by atoms with van der Waals surface area (Å²) < 4.78 is 6.82. The topological polar surface area (TPSA) is 47.0 Å². The van der Waals surface area contributed by atoms with E-state index in [4.69, 9.17) is 4.74 Å². The first-order valence-corrected chi connectivity index (χ1v) is 7.50. The van der Waals surface area contributed by atoms with Crippen molar-refractivity contribution in [2.24, 2.45) is 0 Å². The highest BCUT2D eigenvalue weighted by atomic mass is 79.9. The summed E-state index contributed by atoms with van der Waals surface area (Å²) in [5.41, 5.74) is 1.09. The first kappa shape index (κ1) is 14.8. The maximum atomic E-state index is 5.78. The number of hydrogen-bond acceptors (Lipinski definition) is 4. The van der Waals surface area contributed by atoms with Crippen LogP contribution in [0.5, 0.6) is 5.88 Å². The van der Waals surface area contributed by atoms with Gasteiger partial charge in [0, 0.05) is 29.1 Å². The molecule has 2 aromatic rings. The SMILES string of the molecule is CCNc1cc(OCc2ccccc2Br)nc(CC)n1. The van der Waals surface area contributed by atoms with Gasteiger partial charge in [-0.2, -0.15) is 4.98 Å². The average molecular weight is 336 g/mol. The van der Waals surface area contributed by atoms with E-state index in [0.29, 0.717) is 12.5 Å². The summed E-state index contributed by atoms with van der Waals surface area (Å²) in [5, 5.41) is 3.19. The van der Waals surface area contributed by atoms with Gasteiger partial charge >= 0.3 is 0 Å². The quantitative estimate of drug-likeness (QED) is 0.871. The van der Waals surface area contributed by atoms with Crippen molar-refractivity contribution in [2.75, 3.05) is 11.9 Å². The monoisotopic (exact) mass is 335 g/mol. The molecule has 0 saturated carbocycles. The molecule has 1 aromatic carbocycles. The minimum absolute atomic E-state index is 0.479. The maximum Gasteiger partial charge on any atom is 0.219 e. The fourth-order valence-electron chi connectivity index (χ4n) is 1.74. The van der Waals surface area contributed by atoms with E-state index in [-0.39, 0.29) is 0 Å². The summed E-state index contributed by atoms with van der Waals surface area (Å²) in [6.07, 6.45) is 0.782. The van der Waals surface area contributed by atoms with Gasteiger partial charge in [-0.3, -0.25) is 0 Å². The van der Waals surface area contributed by atoms with Gasteiger partial charge in [0.1, 0.15) is 18.2 Å². The van der Waals surface area contributed by atoms with Crippen LogP contribution in [0.1, 0.15) is 25.2 Å².